The highest BCUT2D eigenvalue weighted by Gasteiger charge is 2.24. The molecule has 1 atom stereocenters. The van der Waals surface area contributed by atoms with Gasteiger partial charge in [-0.05, 0) is 28.8 Å². The number of hydrogen-bond donors (Lipinski definition) is 1. The molecule has 88 valence electrons. The molecule has 0 aromatic heterocycles. The lowest BCUT2D eigenvalue weighted by Gasteiger charge is -2.24. The minimum atomic E-state index is -0.412. The van der Waals surface area contributed by atoms with Gasteiger partial charge >= 0.3 is 0 Å². The summed E-state index contributed by atoms with van der Waals surface area (Å²) in [5.41, 5.74) is 0. The van der Waals surface area contributed by atoms with Gasteiger partial charge in [0.25, 0.3) is 0 Å². The maximum Gasteiger partial charge on any atom is 0.195 e. The number of hydrogen-bond acceptors (Lipinski definition) is 4. The zero-order valence-corrected chi connectivity index (χ0v) is 11.1. The van der Waals surface area contributed by atoms with Crippen molar-refractivity contribution in [1.82, 2.24) is 9.91 Å². The molecule has 0 radical (unpaired) electrons. The number of nitrogens with zero attached hydrogens (tertiary/aromatic N) is 3. The van der Waals surface area contributed by atoms with Crippen LogP contribution in [0.4, 0.5) is 0 Å². The maximum atomic E-state index is 9.92. The molecule has 1 heterocycles. The zero-order chi connectivity index (χ0) is 11.3. The first kappa shape index (κ1) is 12.8. The van der Waals surface area contributed by atoms with Gasteiger partial charge in [-0.25, -0.2) is 0 Å². The van der Waals surface area contributed by atoms with Crippen LogP contribution in [0.1, 0.15) is 39.0 Å². The molecule has 0 aliphatic carbocycles. The molecule has 0 saturated heterocycles. The number of halogens is 1. The number of hydrazone groups is 1. The van der Waals surface area contributed by atoms with E-state index >= 15 is 0 Å². The number of amidine groups is 1. The molecule has 0 bridgehead atoms. The van der Waals surface area contributed by atoms with Gasteiger partial charge in [-0.1, -0.05) is 26.2 Å². The van der Waals surface area contributed by atoms with Gasteiger partial charge in [0.15, 0.2) is 4.74 Å². The monoisotopic (exact) mass is 277 g/mol. The highest BCUT2D eigenvalue weighted by Crippen LogP contribution is 2.16. The molecule has 0 spiro atoms. The molecule has 5 heteroatoms. The van der Waals surface area contributed by atoms with Gasteiger partial charge < -0.3 is 10.0 Å². The van der Waals surface area contributed by atoms with Crippen molar-refractivity contribution in [3.63, 3.8) is 0 Å². The summed E-state index contributed by atoms with van der Waals surface area (Å²) in [6.07, 6.45) is 5.17. The summed E-state index contributed by atoms with van der Waals surface area (Å²) in [7, 11) is 1.89. The van der Waals surface area contributed by atoms with Crippen molar-refractivity contribution in [2.75, 3.05) is 13.7 Å². The van der Waals surface area contributed by atoms with Gasteiger partial charge in [-0.15, -0.1) is 0 Å². The van der Waals surface area contributed by atoms with Crippen LogP contribution in [0.2, 0.25) is 0 Å². The first-order valence-corrected chi connectivity index (χ1v) is 6.34. The maximum absolute atomic E-state index is 9.92. The van der Waals surface area contributed by atoms with Crippen LogP contribution in [0.25, 0.3) is 0 Å². The lowest BCUT2D eigenvalue weighted by Crippen LogP contribution is -2.37. The van der Waals surface area contributed by atoms with Crippen molar-refractivity contribution >= 4 is 20.7 Å². The van der Waals surface area contributed by atoms with Crippen LogP contribution in [0.3, 0.4) is 0 Å². The fraction of sp³-hybridized carbons (Fsp3) is 0.900. The van der Waals surface area contributed by atoms with E-state index in [2.05, 4.69) is 28.0 Å². The molecule has 1 aliphatic rings. The van der Waals surface area contributed by atoms with Gasteiger partial charge in [0.1, 0.15) is 12.9 Å². The lowest BCUT2D eigenvalue weighted by molar-refractivity contribution is 0.0329. The van der Waals surface area contributed by atoms with E-state index in [-0.39, 0.29) is 0 Å². The molecular formula is C10H20BrN3O. The number of rotatable bonds is 6. The molecule has 15 heavy (non-hydrogen) atoms. The van der Waals surface area contributed by atoms with Gasteiger partial charge in [-0.3, -0.25) is 5.01 Å². The minimum Gasteiger partial charge on any atom is -0.373 e. The summed E-state index contributed by atoms with van der Waals surface area (Å²) in [6.45, 7) is 2.85. The molecule has 0 amide bonds. The Labute approximate surface area is 100 Å². The third-order valence-electron chi connectivity index (χ3n) is 2.52. The van der Waals surface area contributed by atoms with Gasteiger partial charge in [0.05, 0.1) is 0 Å². The van der Waals surface area contributed by atoms with E-state index in [0.717, 1.165) is 17.6 Å². The van der Waals surface area contributed by atoms with E-state index in [4.69, 9.17) is 0 Å². The van der Waals surface area contributed by atoms with E-state index in [1.165, 1.54) is 19.3 Å². The smallest absolute Gasteiger partial charge is 0.195 e. The molecule has 0 aromatic rings. The van der Waals surface area contributed by atoms with Gasteiger partial charge in [0, 0.05) is 7.05 Å². The molecule has 4 nitrogen and oxygen atoms in total. The summed E-state index contributed by atoms with van der Waals surface area (Å²) < 4.78 is 0.730. The van der Waals surface area contributed by atoms with Crippen LogP contribution in [0.5, 0.6) is 0 Å². The van der Waals surface area contributed by atoms with Crippen LogP contribution < -0.4 is 0 Å². The Hall–Kier alpha value is -0.290. The second kappa shape index (κ2) is 6.33. The second-order valence-electron chi connectivity index (χ2n) is 3.97. The van der Waals surface area contributed by atoms with Crippen LogP contribution in [-0.4, -0.2) is 39.7 Å². The SMILES string of the molecule is CCCCCCC(O)N1CN(C)N=C1Br. The Bertz CT molecular complexity index is 223. The topological polar surface area (TPSA) is 39.1 Å². The molecule has 1 aliphatic heterocycles. The lowest BCUT2D eigenvalue weighted by atomic mass is 10.1. The summed E-state index contributed by atoms with van der Waals surface area (Å²) >= 11 is 3.34. The number of unbranched alkanes of at least 4 members (excludes halogenated alkanes) is 3. The van der Waals surface area contributed by atoms with E-state index in [0.29, 0.717) is 6.67 Å². The second-order valence-corrected chi connectivity index (χ2v) is 4.68. The molecule has 0 saturated carbocycles. The largest absolute Gasteiger partial charge is 0.373 e. The van der Waals surface area contributed by atoms with Crippen molar-refractivity contribution < 1.29 is 5.11 Å². The first-order chi connectivity index (χ1) is 7.15. The molecule has 0 aromatic carbocycles. The van der Waals surface area contributed by atoms with E-state index in [9.17, 15) is 5.11 Å². The minimum absolute atomic E-state index is 0.412. The average Bonchev–Trinajstić information content (AvgIpc) is 2.52. The zero-order valence-electron chi connectivity index (χ0n) is 9.49. The highest BCUT2D eigenvalue weighted by atomic mass is 79.9. The van der Waals surface area contributed by atoms with Crippen LogP contribution in [-0.2, 0) is 0 Å². The highest BCUT2D eigenvalue weighted by molar-refractivity contribution is 9.18. The fourth-order valence-electron chi connectivity index (χ4n) is 1.64. The van der Waals surface area contributed by atoms with Crippen molar-refractivity contribution in [3.05, 3.63) is 0 Å². The first-order valence-electron chi connectivity index (χ1n) is 5.55. The standard InChI is InChI=1S/C10H20BrN3O/c1-3-4-5-6-7-9(15)14-8-13(2)12-10(14)11/h9,15H,3-8H2,1-2H3. The van der Waals surface area contributed by atoms with Crippen molar-refractivity contribution in [2.24, 2.45) is 5.10 Å². The van der Waals surface area contributed by atoms with Crippen molar-refractivity contribution in [1.29, 1.82) is 0 Å². The Morgan fingerprint density at radius 2 is 2.20 bits per heavy atom. The molecule has 0 fully saturated rings. The third-order valence-corrected chi connectivity index (χ3v) is 3.14. The molecular weight excluding hydrogens is 258 g/mol. The predicted octanol–water partition coefficient (Wildman–Crippen LogP) is 2.15. The van der Waals surface area contributed by atoms with E-state index in [1.807, 2.05) is 11.9 Å². The molecule has 1 N–H and O–H groups in total. The van der Waals surface area contributed by atoms with Gasteiger partial charge in [-0.2, -0.15) is 5.10 Å². The quantitative estimate of drug-likeness (QED) is 0.597. The molecule has 1 unspecified atom stereocenters. The number of aliphatic hydroxyl groups excluding tert-OH is 1. The summed E-state index contributed by atoms with van der Waals surface area (Å²) in [5, 5.41) is 15.9. The predicted molar refractivity (Wildman–Crippen MR) is 65.6 cm³/mol. The molecule has 1 rings (SSSR count). The van der Waals surface area contributed by atoms with Crippen LogP contribution in [0.15, 0.2) is 5.10 Å². The Morgan fingerprint density at radius 1 is 1.47 bits per heavy atom. The van der Waals surface area contributed by atoms with E-state index in [1.54, 1.807) is 5.01 Å². The fourth-order valence-corrected chi connectivity index (χ4v) is 2.25. The summed E-state index contributed by atoms with van der Waals surface area (Å²) in [6, 6.07) is 0. The van der Waals surface area contributed by atoms with Crippen LogP contribution >= 0.6 is 15.9 Å². The Kier molecular flexibility index (Phi) is 5.39. The van der Waals surface area contributed by atoms with Crippen molar-refractivity contribution in [2.45, 2.75) is 45.3 Å². The summed E-state index contributed by atoms with van der Waals surface area (Å²) in [4.78, 5) is 1.87. The third kappa shape index (κ3) is 3.99. The van der Waals surface area contributed by atoms with Crippen molar-refractivity contribution in [3.8, 4) is 0 Å². The number of aliphatic hydroxyl groups is 1. The van der Waals surface area contributed by atoms with Gasteiger partial charge in [0.2, 0.25) is 0 Å². The average molecular weight is 278 g/mol. The summed E-state index contributed by atoms with van der Waals surface area (Å²) in [5.74, 6) is 0. The Balaban J connectivity index is 2.23. The van der Waals surface area contributed by atoms with E-state index < -0.39 is 6.23 Å². The normalized spacial score (nSPS) is 18.3. The Morgan fingerprint density at radius 3 is 2.73 bits per heavy atom. The van der Waals surface area contributed by atoms with Crippen LogP contribution in [0, 0.1) is 0 Å².